The van der Waals surface area contributed by atoms with E-state index in [-0.39, 0.29) is 31.1 Å². The molecule has 39 heavy (non-hydrogen) atoms. The first kappa shape index (κ1) is 28.2. The summed E-state index contributed by atoms with van der Waals surface area (Å²) in [6.07, 6.45) is 2.36. The highest BCUT2D eigenvalue weighted by Crippen LogP contribution is 2.35. The van der Waals surface area contributed by atoms with Crippen LogP contribution in [0.4, 0.5) is 0 Å². The molecule has 204 valence electrons. The first-order chi connectivity index (χ1) is 18.5. The Kier molecular flexibility index (Phi) is 8.60. The third kappa shape index (κ3) is 6.97. The van der Waals surface area contributed by atoms with Crippen molar-refractivity contribution >= 4 is 35.1 Å². The lowest BCUT2D eigenvalue weighted by molar-refractivity contribution is -0.177. The number of carboxylic acid groups (broad SMARTS) is 1. The SMILES string of the molecule is CC(C)(C)OC(=O)Cc1ncc(CCC2C(=O)N(C(=O)CC(c3ccccc3)c3ccccc3)[C@@H]2C(=O)O)s1. The molecule has 0 radical (unpaired) electrons. The van der Waals surface area contributed by atoms with Gasteiger partial charge in [0.05, 0.1) is 12.3 Å². The lowest BCUT2D eigenvalue weighted by Crippen LogP contribution is -2.66. The van der Waals surface area contributed by atoms with Crippen molar-refractivity contribution in [1.29, 1.82) is 0 Å². The molecule has 1 aliphatic heterocycles. The number of ether oxygens (including phenoxy) is 1. The molecule has 0 aliphatic carbocycles. The minimum absolute atomic E-state index is 0.0147. The van der Waals surface area contributed by atoms with E-state index < -0.39 is 35.3 Å². The Labute approximate surface area is 231 Å². The van der Waals surface area contributed by atoms with Gasteiger partial charge in [-0.3, -0.25) is 19.3 Å². The van der Waals surface area contributed by atoms with Crippen LogP contribution in [0.1, 0.15) is 60.5 Å². The summed E-state index contributed by atoms with van der Waals surface area (Å²) >= 11 is 1.33. The highest BCUT2D eigenvalue weighted by Gasteiger charge is 2.54. The number of thiazole rings is 1. The second kappa shape index (κ2) is 11.9. The van der Waals surface area contributed by atoms with E-state index in [1.807, 2.05) is 60.7 Å². The van der Waals surface area contributed by atoms with Crippen LogP contribution in [-0.4, -0.2) is 50.4 Å². The summed E-state index contributed by atoms with van der Waals surface area (Å²) in [4.78, 5) is 56.6. The molecule has 1 saturated heterocycles. The van der Waals surface area contributed by atoms with Crippen molar-refractivity contribution in [2.75, 3.05) is 0 Å². The van der Waals surface area contributed by atoms with Gasteiger partial charge >= 0.3 is 11.9 Å². The quantitative estimate of drug-likeness (QED) is 0.290. The zero-order valence-electron chi connectivity index (χ0n) is 22.2. The molecule has 0 spiro atoms. The number of esters is 1. The number of nitrogens with zero attached hydrogens (tertiary/aromatic N) is 2. The molecule has 1 fully saturated rings. The molecular formula is C30H32N2O6S. The predicted molar refractivity (Wildman–Crippen MR) is 146 cm³/mol. The molecule has 0 saturated carbocycles. The number of hydrogen-bond acceptors (Lipinski definition) is 7. The van der Waals surface area contributed by atoms with Crippen LogP contribution in [0.2, 0.25) is 0 Å². The third-order valence-corrected chi connectivity index (χ3v) is 7.59. The zero-order valence-corrected chi connectivity index (χ0v) is 23.0. The number of aryl methyl sites for hydroxylation is 1. The molecule has 2 amide bonds. The van der Waals surface area contributed by atoms with Crippen LogP contribution < -0.4 is 0 Å². The van der Waals surface area contributed by atoms with E-state index in [0.717, 1.165) is 20.9 Å². The first-order valence-electron chi connectivity index (χ1n) is 12.9. The van der Waals surface area contributed by atoms with Crippen molar-refractivity contribution in [1.82, 2.24) is 9.88 Å². The topological polar surface area (TPSA) is 114 Å². The van der Waals surface area contributed by atoms with Gasteiger partial charge < -0.3 is 9.84 Å². The van der Waals surface area contributed by atoms with Gasteiger partial charge in [-0.25, -0.2) is 9.78 Å². The number of likely N-dealkylation sites (tertiary alicyclic amines) is 1. The van der Waals surface area contributed by atoms with Crippen molar-refractivity contribution in [3.05, 3.63) is 87.9 Å². The van der Waals surface area contributed by atoms with Gasteiger partial charge in [-0.2, -0.15) is 0 Å². The smallest absolute Gasteiger partial charge is 0.327 e. The minimum atomic E-state index is -1.20. The highest BCUT2D eigenvalue weighted by atomic mass is 32.1. The molecule has 3 aromatic rings. The predicted octanol–water partition coefficient (Wildman–Crippen LogP) is 4.62. The largest absolute Gasteiger partial charge is 0.480 e. The van der Waals surface area contributed by atoms with Crippen LogP contribution in [0.3, 0.4) is 0 Å². The van der Waals surface area contributed by atoms with E-state index in [0.29, 0.717) is 11.4 Å². The maximum atomic E-state index is 13.3. The summed E-state index contributed by atoms with van der Waals surface area (Å²) in [6, 6.07) is 17.8. The number of aliphatic carboxylic acids is 1. The first-order valence-corrected chi connectivity index (χ1v) is 13.7. The van der Waals surface area contributed by atoms with Crippen molar-refractivity contribution in [2.45, 2.75) is 64.0 Å². The maximum Gasteiger partial charge on any atom is 0.327 e. The Morgan fingerprint density at radius 3 is 2.15 bits per heavy atom. The normalized spacial score (nSPS) is 17.1. The van der Waals surface area contributed by atoms with Crippen LogP contribution >= 0.6 is 11.3 Å². The molecule has 1 N–H and O–H groups in total. The Morgan fingerprint density at radius 1 is 1.03 bits per heavy atom. The van der Waals surface area contributed by atoms with E-state index in [1.165, 1.54) is 11.3 Å². The van der Waals surface area contributed by atoms with Gasteiger partial charge in [-0.15, -0.1) is 11.3 Å². The molecule has 8 nitrogen and oxygen atoms in total. The molecule has 1 unspecified atom stereocenters. The monoisotopic (exact) mass is 548 g/mol. The summed E-state index contributed by atoms with van der Waals surface area (Å²) in [5.41, 5.74) is 1.25. The number of carboxylic acids is 1. The Bertz CT molecular complexity index is 1290. The van der Waals surface area contributed by atoms with Crippen molar-refractivity contribution in [3.8, 4) is 0 Å². The fraction of sp³-hybridized carbons (Fsp3) is 0.367. The second-order valence-electron chi connectivity index (χ2n) is 10.6. The molecule has 1 aromatic heterocycles. The number of carbonyl (C=O) groups excluding carboxylic acids is 3. The zero-order chi connectivity index (χ0) is 28.2. The lowest BCUT2D eigenvalue weighted by atomic mass is 9.81. The molecule has 2 atom stereocenters. The number of β-lactam (4-membered cyclic amide) rings is 1. The van der Waals surface area contributed by atoms with Crippen molar-refractivity contribution in [2.24, 2.45) is 5.92 Å². The molecule has 0 bridgehead atoms. The van der Waals surface area contributed by atoms with Crippen LogP contribution in [-0.2, 0) is 36.8 Å². The average Bonchev–Trinajstić information content (AvgIpc) is 3.32. The van der Waals surface area contributed by atoms with Gasteiger partial charge in [0.1, 0.15) is 16.7 Å². The number of benzene rings is 2. The van der Waals surface area contributed by atoms with Gasteiger partial charge in [0, 0.05) is 23.4 Å². The molecule has 2 heterocycles. The van der Waals surface area contributed by atoms with Crippen LogP contribution in [0.5, 0.6) is 0 Å². The molecule has 2 aromatic carbocycles. The highest BCUT2D eigenvalue weighted by molar-refractivity contribution is 7.11. The van der Waals surface area contributed by atoms with Gasteiger partial charge in [0.2, 0.25) is 11.8 Å². The summed E-state index contributed by atoms with van der Waals surface area (Å²) in [6.45, 7) is 5.39. The summed E-state index contributed by atoms with van der Waals surface area (Å²) in [5, 5.41) is 10.5. The van der Waals surface area contributed by atoms with Gasteiger partial charge in [0.25, 0.3) is 0 Å². The Hall–Kier alpha value is -3.85. The number of hydrogen-bond donors (Lipinski definition) is 1. The summed E-state index contributed by atoms with van der Waals surface area (Å²) in [7, 11) is 0. The Balaban J connectivity index is 1.40. The fourth-order valence-electron chi connectivity index (χ4n) is 4.81. The lowest BCUT2D eigenvalue weighted by Gasteiger charge is -2.43. The molecule has 4 rings (SSSR count). The van der Waals surface area contributed by atoms with E-state index in [4.69, 9.17) is 4.74 Å². The van der Waals surface area contributed by atoms with Crippen molar-refractivity contribution in [3.63, 3.8) is 0 Å². The van der Waals surface area contributed by atoms with Gasteiger partial charge in [0.15, 0.2) is 0 Å². The van der Waals surface area contributed by atoms with Crippen LogP contribution in [0, 0.1) is 5.92 Å². The van der Waals surface area contributed by atoms with E-state index >= 15 is 0 Å². The standard InChI is InChI=1S/C30H32N2O6S/c1-30(2,3)38-26(34)17-24-31-18-21(39-24)14-15-22-27(29(36)37)32(28(22)35)25(33)16-23(19-10-6-4-7-11-19)20-12-8-5-9-13-20/h4-13,18,22-23,27H,14-17H2,1-3H3,(H,36,37)/t22?,27-/m0/s1. The number of rotatable bonds is 10. The maximum absolute atomic E-state index is 13.3. The molecule has 1 aliphatic rings. The Morgan fingerprint density at radius 2 is 1.62 bits per heavy atom. The molecular weight excluding hydrogens is 516 g/mol. The van der Waals surface area contributed by atoms with Gasteiger partial charge in [-0.05, 0) is 44.7 Å². The summed E-state index contributed by atoms with van der Waals surface area (Å²) < 4.78 is 5.33. The van der Waals surface area contributed by atoms with Gasteiger partial charge in [-0.1, -0.05) is 60.7 Å². The average molecular weight is 549 g/mol. The number of carbonyl (C=O) groups is 4. The van der Waals surface area contributed by atoms with Crippen LogP contribution in [0.15, 0.2) is 66.9 Å². The van der Waals surface area contributed by atoms with E-state index in [1.54, 1.807) is 27.0 Å². The second-order valence-corrected chi connectivity index (χ2v) is 11.8. The minimum Gasteiger partial charge on any atom is -0.480 e. The molecule has 9 heteroatoms. The van der Waals surface area contributed by atoms with Crippen LogP contribution in [0.25, 0.3) is 0 Å². The van der Waals surface area contributed by atoms with E-state index in [2.05, 4.69) is 4.98 Å². The number of imide groups is 1. The van der Waals surface area contributed by atoms with Crippen molar-refractivity contribution < 1.29 is 29.0 Å². The number of aromatic nitrogens is 1. The fourth-order valence-corrected chi connectivity index (χ4v) is 5.73. The van der Waals surface area contributed by atoms with E-state index in [9.17, 15) is 24.3 Å². The number of amides is 2. The third-order valence-electron chi connectivity index (χ3n) is 6.54. The summed E-state index contributed by atoms with van der Waals surface area (Å²) in [5.74, 6) is -3.64.